The summed E-state index contributed by atoms with van der Waals surface area (Å²) < 4.78 is 10.7. The van der Waals surface area contributed by atoms with Gasteiger partial charge in [0.05, 0.1) is 0 Å². The molecule has 1 atom stereocenters. The van der Waals surface area contributed by atoms with E-state index in [1.165, 1.54) is 6.39 Å². The van der Waals surface area contributed by atoms with E-state index in [9.17, 15) is 0 Å². The molecule has 0 spiro atoms. The van der Waals surface area contributed by atoms with Crippen molar-refractivity contribution < 1.29 is 9.15 Å². The molecule has 84 valence electrons. The highest BCUT2D eigenvalue weighted by molar-refractivity contribution is 6.30. The molecule has 5 heteroatoms. The Morgan fingerprint density at radius 2 is 2.25 bits per heavy atom. The minimum Gasteiger partial charge on any atom is -0.481 e. The van der Waals surface area contributed by atoms with E-state index in [1.807, 2.05) is 26.0 Å². The van der Waals surface area contributed by atoms with Crippen LogP contribution in [0.3, 0.4) is 0 Å². The molecule has 0 bridgehead atoms. The molecular weight excluding hydrogens is 228 g/mol. The molecule has 0 aliphatic carbocycles. The highest BCUT2D eigenvalue weighted by Gasteiger charge is 2.13. The molecule has 0 amide bonds. The number of benzene rings is 1. The third kappa shape index (κ3) is 2.33. The van der Waals surface area contributed by atoms with Gasteiger partial charge in [0.15, 0.2) is 6.10 Å². The second-order valence-corrected chi connectivity index (χ2v) is 3.88. The topological polar surface area (TPSA) is 48.2 Å². The molecule has 0 aliphatic rings. The Bertz CT molecular complexity index is 471. The summed E-state index contributed by atoms with van der Waals surface area (Å²) in [5, 5.41) is 8.09. The van der Waals surface area contributed by atoms with E-state index >= 15 is 0 Å². The zero-order chi connectivity index (χ0) is 11.5. The van der Waals surface area contributed by atoms with Gasteiger partial charge in [0.25, 0.3) is 5.89 Å². The van der Waals surface area contributed by atoms with Crippen LogP contribution in [0, 0.1) is 6.92 Å². The van der Waals surface area contributed by atoms with Crippen molar-refractivity contribution in [2.45, 2.75) is 20.0 Å². The average Bonchev–Trinajstić information content (AvgIpc) is 2.75. The summed E-state index contributed by atoms with van der Waals surface area (Å²) in [5.74, 6) is 1.21. The molecule has 0 aliphatic heterocycles. The molecular formula is C11H11ClN2O2. The molecule has 2 rings (SSSR count). The lowest BCUT2D eigenvalue weighted by Crippen LogP contribution is -2.04. The Balaban J connectivity index is 2.15. The Kier molecular flexibility index (Phi) is 3.10. The Morgan fingerprint density at radius 1 is 1.44 bits per heavy atom. The van der Waals surface area contributed by atoms with Crippen molar-refractivity contribution in [3.8, 4) is 5.75 Å². The van der Waals surface area contributed by atoms with Gasteiger partial charge in [-0.1, -0.05) is 11.6 Å². The predicted octanol–water partition coefficient (Wildman–Crippen LogP) is 3.17. The van der Waals surface area contributed by atoms with Gasteiger partial charge in [0.1, 0.15) is 5.75 Å². The van der Waals surface area contributed by atoms with Crippen LogP contribution < -0.4 is 4.74 Å². The molecule has 0 unspecified atom stereocenters. The van der Waals surface area contributed by atoms with Crippen LogP contribution in [0.1, 0.15) is 24.5 Å². The van der Waals surface area contributed by atoms with Crippen molar-refractivity contribution in [1.29, 1.82) is 0 Å². The molecule has 4 nitrogen and oxygen atoms in total. The summed E-state index contributed by atoms with van der Waals surface area (Å²) in [6, 6.07) is 5.45. The van der Waals surface area contributed by atoms with Gasteiger partial charge >= 0.3 is 0 Å². The maximum atomic E-state index is 5.86. The number of aryl methyl sites for hydroxylation is 1. The van der Waals surface area contributed by atoms with Crippen LogP contribution in [0.25, 0.3) is 0 Å². The van der Waals surface area contributed by atoms with E-state index in [0.717, 1.165) is 11.3 Å². The fourth-order valence-electron chi connectivity index (χ4n) is 1.34. The first kappa shape index (κ1) is 11.0. The molecule has 2 aromatic rings. The molecule has 0 saturated carbocycles. The SMILES string of the molecule is Cc1cc(Cl)ccc1O[C@H](C)c1nnco1. The third-order valence-electron chi connectivity index (χ3n) is 2.17. The second kappa shape index (κ2) is 4.53. The van der Waals surface area contributed by atoms with Crippen molar-refractivity contribution in [1.82, 2.24) is 10.2 Å². The summed E-state index contributed by atoms with van der Waals surface area (Å²) in [7, 11) is 0. The van der Waals surface area contributed by atoms with Gasteiger partial charge in [-0.05, 0) is 37.6 Å². The maximum Gasteiger partial charge on any atom is 0.256 e. The van der Waals surface area contributed by atoms with E-state index in [0.29, 0.717) is 10.9 Å². The van der Waals surface area contributed by atoms with Crippen molar-refractivity contribution in [3.05, 3.63) is 41.1 Å². The lowest BCUT2D eigenvalue weighted by molar-refractivity contribution is 0.187. The maximum absolute atomic E-state index is 5.86. The van der Waals surface area contributed by atoms with Gasteiger partial charge in [0, 0.05) is 5.02 Å². The monoisotopic (exact) mass is 238 g/mol. The van der Waals surface area contributed by atoms with Crippen LogP contribution in [-0.4, -0.2) is 10.2 Å². The molecule has 0 radical (unpaired) electrons. The minimum atomic E-state index is -0.276. The number of rotatable bonds is 3. The number of halogens is 1. The zero-order valence-electron chi connectivity index (χ0n) is 8.98. The number of hydrogen-bond donors (Lipinski definition) is 0. The Labute approximate surface area is 98.2 Å². The average molecular weight is 239 g/mol. The van der Waals surface area contributed by atoms with Gasteiger partial charge in [-0.25, -0.2) is 0 Å². The van der Waals surface area contributed by atoms with Crippen molar-refractivity contribution in [2.24, 2.45) is 0 Å². The van der Waals surface area contributed by atoms with Crippen molar-refractivity contribution >= 4 is 11.6 Å². The van der Waals surface area contributed by atoms with Gasteiger partial charge in [-0.3, -0.25) is 0 Å². The summed E-state index contributed by atoms with van der Waals surface area (Å²) >= 11 is 5.86. The van der Waals surface area contributed by atoms with Crippen LogP contribution in [0.4, 0.5) is 0 Å². The van der Waals surface area contributed by atoms with Gasteiger partial charge in [0.2, 0.25) is 6.39 Å². The van der Waals surface area contributed by atoms with Crippen molar-refractivity contribution in [3.63, 3.8) is 0 Å². The second-order valence-electron chi connectivity index (χ2n) is 3.45. The standard InChI is InChI=1S/C11H11ClN2O2/c1-7-5-9(12)3-4-10(7)16-8(2)11-14-13-6-15-11/h3-6,8H,1-2H3/t8-/m1/s1. The van der Waals surface area contributed by atoms with Crippen molar-refractivity contribution in [2.75, 3.05) is 0 Å². The fraction of sp³-hybridized carbons (Fsp3) is 0.273. The summed E-state index contributed by atoms with van der Waals surface area (Å²) in [6.45, 7) is 3.78. The minimum absolute atomic E-state index is 0.276. The first-order valence-electron chi connectivity index (χ1n) is 4.85. The molecule has 1 heterocycles. The lowest BCUT2D eigenvalue weighted by Gasteiger charge is -2.13. The fourth-order valence-corrected chi connectivity index (χ4v) is 1.57. The van der Waals surface area contributed by atoms with Crippen LogP contribution in [0.5, 0.6) is 5.75 Å². The third-order valence-corrected chi connectivity index (χ3v) is 2.40. The van der Waals surface area contributed by atoms with E-state index < -0.39 is 0 Å². The van der Waals surface area contributed by atoms with Crippen LogP contribution in [0.2, 0.25) is 5.02 Å². The van der Waals surface area contributed by atoms with Crippen LogP contribution >= 0.6 is 11.6 Å². The van der Waals surface area contributed by atoms with Crippen LogP contribution in [0.15, 0.2) is 29.0 Å². The van der Waals surface area contributed by atoms with Crippen LogP contribution in [-0.2, 0) is 0 Å². The number of hydrogen-bond acceptors (Lipinski definition) is 4. The number of aromatic nitrogens is 2. The summed E-state index contributed by atoms with van der Waals surface area (Å²) in [5.41, 5.74) is 0.971. The molecule has 0 N–H and O–H groups in total. The smallest absolute Gasteiger partial charge is 0.256 e. The molecule has 1 aromatic heterocycles. The lowest BCUT2D eigenvalue weighted by atomic mass is 10.2. The van der Waals surface area contributed by atoms with E-state index in [4.69, 9.17) is 20.8 Å². The van der Waals surface area contributed by atoms with E-state index in [2.05, 4.69) is 10.2 Å². The summed E-state index contributed by atoms with van der Waals surface area (Å²) in [4.78, 5) is 0. The highest BCUT2D eigenvalue weighted by Crippen LogP contribution is 2.26. The Morgan fingerprint density at radius 3 is 2.88 bits per heavy atom. The normalized spacial score (nSPS) is 12.4. The van der Waals surface area contributed by atoms with E-state index in [-0.39, 0.29) is 6.10 Å². The van der Waals surface area contributed by atoms with Gasteiger partial charge in [-0.2, -0.15) is 0 Å². The zero-order valence-corrected chi connectivity index (χ0v) is 9.73. The molecule has 0 fully saturated rings. The first-order chi connectivity index (χ1) is 7.66. The predicted molar refractivity (Wildman–Crippen MR) is 59.5 cm³/mol. The quantitative estimate of drug-likeness (QED) is 0.824. The van der Waals surface area contributed by atoms with Gasteiger partial charge in [-0.15, -0.1) is 10.2 Å². The summed E-state index contributed by atoms with van der Waals surface area (Å²) in [6.07, 6.45) is 1.01. The molecule has 16 heavy (non-hydrogen) atoms. The largest absolute Gasteiger partial charge is 0.481 e. The number of nitrogens with zero attached hydrogens (tertiary/aromatic N) is 2. The van der Waals surface area contributed by atoms with E-state index in [1.54, 1.807) is 6.07 Å². The number of ether oxygens (including phenoxy) is 1. The highest BCUT2D eigenvalue weighted by atomic mass is 35.5. The first-order valence-corrected chi connectivity index (χ1v) is 5.23. The van der Waals surface area contributed by atoms with Gasteiger partial charge < -0.3 is 9.15 Å². The molecule has 1 aromatic carbocycles. The Hall–Kier alpha value is -1.55. The molecule has 0 saturated heterocycles.